The van der Waals surface area contributed by atoms with Crippen LogP contribution in [-0.2, 0) is 0 Å². The van der Waals surface area contributed by atoms with Gasteiger partial charge in [0.15, 0.2) is 5.75 Å². The summed E-state index contributed by atoms with van der Waals surface area (Å²) < 4.78 is 15.3. The maximum atomic E-state index is 11.2. The molecule has 26 heavy (non-hydrogen) atoms. The molecule has 0 aliphatic carbocycles. The van der Waals surface area contributed by atoms with Crippen LogP contribution < -0.4 is 19.7 Å². The van der Waals surface area contributed by atoms with Crippen LogP contribution >= 0.6 is 8.35 Å². The standard InChI is InChI=1S/C18H12NO6P/c20-17(21)11-5-1-3-7-13(11)24-15-9-10-26-19-16(15)25-14-8-4-2-6-12(14)18(22)23/h1-10H,(H,20,21)(H,22,23)/p-2. The van der Waals surface area contributed by atoms with Crippen molar-refractivity contribution in [2.45, 2.75) is 0 Å². The lowest BCUT2D eigenvalue weighted by Gasteiger charge is -2.15. The fraction of sp³-hybridized carbons (Fsp3) is 0. The van der Waals surface area contributed by atoms with Crippen molar-refractivity contribution in [3.05, 3.63) is 71.5 Å². The number of carbonyl (C=O) groups is 2. The highest BCUT2D eigenvalue weighted by Gasteiger charge is 2.13. The minimum atomic E-state index is -1.39. The van der Waals surface area contributed by atoms with Crippen molar-refractivity contribution < 1.29 is 29.3 Å². The van der Waals surface area contributed by atoms with Crippen LogP contribution in [0.2, 0.25) is 0 Å². The molecule has 7 nitrogen and oxygen atoms in total. The molecule has 1 aromatic heterocycles. The van der Waals surface area contributed by atoms with Gasteiger partial charge in [-0.1, -0.05) is 24.3 Å². The number of rotatable bonds is 6. The molecular formula is C18H10NO6P-2. The Balaban J connectivity index is 1.96. The van der Waals surface area contributed by atoms with Crippen LogP contribution in [0.25, 0.3) is 0 Å². The second-order valence-corrected chi connectivity index (χ2v) is 5.70. The Labute approximate surface area is 149 Å². The molecule has 0 atom stereocenters. The average molecular weight is 367 g/mol. The number of para-hydroxylation sites is 2. The van der Waals surface area contributed by atoms with Gasteiger partial charge in [0.25, 0.3) is 5.88 Å². The van der Waals surface area contributed by atoms with Crippen molar-refractivity contribution >= 4 is 20.3 Å². The Bertz CT molecular complexity index is 897. The summed E-state index contributed by atoms with van der Waals surface area (Å²) in [6, 6.07) is 13.4. The summed E-state index contributed by atoms with van der Waals surface area (Å²) in [7, 11) is 0.553. The normalized spacial score (nSPS) is 10.5. The number of carboxylic acids is 2. The Morgan fingerprint density at radius 3 is 1.88 bits per heavy atom. The molecule has 0 amide bonds. The van der Waals surface area contributed by atoms with Gasteiger partial charge >= 0.3 is 0 Å². The predicted octanol–water partition coefficient (Wildman–Crippen LogP) is 1.97. The first-order valence-electron chi connectivity index (χ1n) is 7.34. The van der Waals surface area contributed by atoms with E-state index < -0.39 is 11.9 Å². The van der Waals surface area contributed by atoms with Gasteiger partial charge in [0, 0.05) is 19.5 Å². The summed E-state index contributed by atoms with van der Waals surface area (Å²) in [5, 5.41) is 22.4. The van der Waals surface area contributed by atoms with Crippen LogP contribution in [0.15, 0.2) is 60.4 Å². The summed E-state index contributed by atoms with van der Waals surface area (Å²) in [5.41, 5.74) is -0.276. The lowest BCUT2D eigenvalue weighted by Crippen LogP contribution is -2.23. The van der Waals surface area contributed by atoms with E-state index in [1.807, 2.05) is 0 Å². The number of ether oxygens (including phenoxy) is 2. The molecule has 3 rings (SSSR count). The third-order valence-electron chi connectivity index (χ3n) is 3.29. The summed E-state index contributed by atoms with van der Waals surface area (Å²) in [5.74, 6) is -0.896. The number of hydrogen-bond donors (Lipinski definition) is 0. The molecule has 0 radical (unpaired) electrons. The van der Waals surface area contributed by atoms with E-state index in [2.05, 4.69) is 4.75 Å². The Hall–Kier alpha value is -3.44. The molecule has 3 aromatic rings. The molecule has 130 valence electrons. The number of hydrogen-bond acceptors (Lipinski definition) is 7. The van der Waals surface area contributed by atoms with Crippen molar-refractivity contribution in [1.82, 2.24) is 4.75 Å². The van der Waals surface area contributed by atoms with Gasteiger partial charge in [-0.25, -0.2) is 0 Å². The molecular weight excluding hydrogens is 357 g/mol. The monoisotopic (exact) mass is 367 g/mol. The van der Waals surface area contributed by atoms with Crippen molar-refractivity contribution in [1.29, 1.82) is 0 Å². The van der Waals surface area contributed by atoms with Gasteiger partial charge in [-0.05, 0) is 36.1 Å². The molecule has 0 unspecified atom stereocenters. The fourth-order valence-corrected chi connectivity index (χ4v) is 2.64. The Morgan fingerprint density at radius 2 is 1.31 bits per heavy atom. The third-order valence-corrected chi connectivity index (χ3v) is 3.87. The maximum absolute atomic E-state index is 11.2. The molecule has 0 bridgehead atoms. The van der Waals surface area contributed by atoms with Gasteiger partial charge in [0.05, 0.1) is 11.9 Å². The molecule has 1 heterocycles. The Morgan fingerprint density at radius 1 is 0.769 bits per heavy atom. The van der Waals surface area contributed by atoms with Gasteiger partial charge in [-0.15, -0.1) is 0 Å². The summed E-state index contributed by atoms with van der Waals surface area (Å²) in [6.45, 7) is 0. The molecule has 0 aliphatic rings. The Kier molecular flexibility index (Phi) is 5.10. The second-order valence-electron chi connectivity index (χ2n) is 4.97. The third kappa shape index (κ3) is 3.79. The molecule has 0 N–H and O–H groups in total. The summed E-state index contributed by atoms with van der Waals surface area (Å²) >= 11 is 0. The fourth-order valence-electron chi connectivity index (χ4n) is 2.13. The highest BCUT2D eigenvalue weighted by atomic mass is 31.0. The van der Waals surface area contributed by atoms with Gasteiger partial charge in [0.2, 0.25) is 0 Å². The van der Waals surface area contributed by atoms with E-state index >= 15 is 0 Å². The van der Waals surface area contributed by atoms with Crippen LogP contribution in [0.3, 0.4) is 0 Å². The highest BCUT2D eigenvalue weighted by Crippen LogP contribution is 2.36. The lowest BCUT2D eigenvalue weighted by atomic mass is 10.2. The van der Waals surface area contributed by atoms with Crippen LogP contribution in [-0.4, -0.2) is 16.7 Å². The van der Waals surface area contributed by atoms with E-state index in [0.29, 0.717) is 8.35 Å². The topological polar surface area (TPSA) is 112 Å². The highest BCUT2D eigenvalue weighted by molar-refractivity contribution is 7.24. The maximum Gasteiger partial charge on any atom is 0.267 e. The molecule has 0 spiro atoms. The van der Waals surface area contributed by atoms with Crippen LogP contribution in [0.4, 0.5) is 0 Å². The number of carbonyl (C=O) groups excluding carboxylic acids is 2. The lowest BCUT2D eigenvalue weighted by molar-refractivity contribution is -0.256. The van der Waals surface area contributed by atoms with Gasteiger partial charge < -0.3 is 29.3 Å². The first-order valence-corrected chi connectivity index (χ1v) is 8.26. The molecule has 0 saturated heterocycles. The predicted molar refractivity (Wildman–Crippen MR) is 88.4 cm³/mol. The van der Waals surface area contributed by atoms with E-state index in [4.69, 9.17) is 9.47 Å². The second kappa shape index (κ2) is 7.63. The number of aromatic nitrogens is 1. The number of aromatic carboxylic acids is 2. The number of carboxylic acid groups (broad SMARTS) is 2. The molecule has 8 heteroatoms. The zero-order valence-corrected chi connectivity index (χ0v) is 14.0. The average Bonchev–Trinajstić information content (AvgIpc) is 2.64. The van der Waals surface area contributed by atoms with E-state index in [-0.39, 0.29) is 34.3 Å². The number of nitrogens with zero attached hydrogens (tertiary/aromatic N) is 1. The van der Waals surface area contributed by atoms with Crippen LogP contribution in [0.1, 0.15) is 20.7 Å². The minimum absolute atomic E-state index is 0.0102. The largest absolute Gasteiger partial charge is 0.545 e. The van der Waals surface area contributed by atoms with Crippen molar-refractivity contribution in [3.8, 4) is 23.1 Å². The first kappa shape index (κ1) is 17.4. The van der Waals surface area contributed by atoms with Gasteiger partial charge in [-0.2, -0.15) is 4.75 Å². The quantitative estimate of drug-likeness (QED) is 0.655. The van der Waals surface area contributed by atoms with Crippen LogP contribution in [0.5, 0.6) is 23.1 Å². The molecule has 0 aliphatic heterocycles. The van der Waals surface area contributed by atoms with E-state index in [1.54, 1.807) is 30.1 Å². The van der Waals surface area contributed by atoms with Crippen molar-refractivity contribution in [3.63, 3.8) is 0 Å². The first-order chi connectivity index (χ1) is 12.6. The van der Waals surface area contributed by atoms with Crippen LogP contribution in [0, 0.1) is 0 Å². The summed E-state index contributed by atoms with van der Waals surface area (Å²) in [4.78, 5) is 22.4. The smallest absolute Gasteiger partial charge is 0.267 e. The number of benzene rings is 2. The zero-order chi connectivity index (χ0) is 18.5. The van der Waals surface area contributed by atoms with E-state index in [9.17, 15) is 19.8 Å². The van der Waals surface area contributed by atoms with Crippen molar-refractivity contribution in [2.75, 3.05) is 0 Å². The molecule has 2 aromatic carbocycles. The molecule has 0 saturated carbocycles. The zero-order valence-electron chi connectivity index (χ0n) is 13.1. The SMILES string of the molecule is O=C([O-])c1ccccc1Oc1ccpnc1Oc1ccccc1C(=O)[O-]. The summed E-state index contributed by atoms with van der Waals surface area (Å²) in [6.07, 6.45) is 0. The minimum Gasteiger partial charge on any atom is -0.545 e. The van der Waals surface area contributed by atoms with Gasteiger partial charge in [-0.3, -0.25) is 0 Å². The van der Waals surface area contributed by atoms with E-state index in [1.165, 1.54) is 30.3 Å². The van der Waals surface area contributed by atoms with Gasteiger partial charge in [0.1, 0.15) is 11.5 Å². The van der Waals surface area contributed by atoms with E-state index in [0.717, 1.165) is 0 Å². The molecule has 0 fully saturated rings. The van der Waals surface area contributed by atoms with Crippen molar-refractivity contribution in [2.24, 2.45) is 0 Å².